The first kappa shape index (κ1) is 28.6. The van der Waals surface area contributed by atoms with Gasteiger partial charge in [-0.3, -0.25) is 0 Å². The minimum absolute atomic E-state index is 0.472. The summed E-state index contributed by atoms with van der Waals surface area (Å²) in [6.07, 6.45) is 7.38. The van der Waals surface area contributed by atoms with E-state index in [1.165, 1.54) is 0 Å². The van der Waals surface area contributed by atoms with Crippen LogP contribution in [0, 0.1) is 0 Å². The molecule has 0 aliphatic carbocycles. The van der Waals surface area contributed by atoms with Crippen LogP contribution >= 0.6 is 0 Å². The molecule has 0 saturated heterocycles. The summed E-state index contributed by atoms with van der Waals surface area (Å²) in [5.41, 5.74) is -0.944. The van der Waals surface area contributed by atoms with Gasteiger partial charge in [-0.25, -0.2) is 0 Å². The van der Waals surface area contributed by atoms with E-state index < -0.39 is 37.1 Å². The molecule has 170 valence electrons. The molecule has 0 aromatic heterocycles. The molecule has 0 unspecified atom stereocenters. The Hall–Kier alpha value is 0.603. The average Bonchev–Trinajstić information content (AvgIpc) is 2.44. The molecular weight excluding hydrogens is 427 g/mol. The van der Waals surface area contributed by atoms with Gasteiger partial charge < -0.3 is 0 Å². The van der Waals surface area contributed by atoms with Crippen LogP contribution in [-0.4, -0.2) is 11.2 Å². The van der Waals surface area contributed by atoms with E-state index in [1.54, 1.807) is 0 Å². The van der Waals surface area contributed by atoms with Crippen LogP contribution in [0.4, 0.5) is 0 Å². The normalized spacial score (nSPS) is 15.2. The van der Waals surface area contributed by atoms with Crippen molar-refractivity contribution >= 4 is 0 Å². The average molecular weight is 480 g/mol. The van der Waals surface area contributed by atoms with Crippen LogP contribution in [0.2, 0.25) is 6.25 Å². The van der Waals surface area contributed by atoms with Gasteiger partial charge in [0.2, 0.25) is 0 Å². The van der Waals surface area contributed by atoms with Crippen LogP contribution in [0.5, 0.6) is 0 Å². The summed E-state index contributed by atoms with van der Waals surface area (Å²) in [7, 11) is 0. The van der Waals surface area contributed by atoms with Crippen LogP contribution in [-0.2, 0) is 28.1 Å². The predicted octanol–water partition coefficient (Wildman–Crippen LogP) is 9.04. The Bertz CT molecular complexity index is 496. The quantitative estimate of drug-likeness (QED) is 0.249. The second kappa shape index (κ2) is 9.82. The molecule has 0 rings (SSSR count). The number of rotatable bonds is 14. The first-order chi connectivity index (χ1) is 12.5. The molecule has 0 radical (unpaired) electrons. The van der Waals surface area contributed by atoms with E-state index in [-0.39, 0.29) is 0 Å². The Morgan fingerprint density at radius 2 is 0.786 bits per heavy atom. The van der Waals surface area contributed by atoms with Crippen molar-refractivity contribution in [3.63, 3.8) is 0 Å². The Morgan fingerprint density at radius 1 is 0.536 bits per heavy atom. The van der Waals surface area contributed by atoms with E-state index in [0.717, 1.165) is 51.4 Å². The van der Waals surface area contributed by atoms with Gasteiger partial charge >= 0.3 is 180 Å². The first-order valence-corrected chi connectivity index (χ1v) is 17.2. The molecule has 0 bridgehead atoms. The van der Waals surface area contributed by atoms with Gasteiger partial charge in [0.1, 0.15) is 0 Å². The van der Waals surface area contributed by atoms with Gasteiger partial charge in [0.25, 0.3) is 0 Å². The summed E-state index contributed by atoms with van der Waals surface area (Å²) in [5.74, 6) is 0. The molecule has 4 heteroatoms. The summed E-state index contributed by atoms with van der Waals surface area (Å²) in [6, 6.07) is 0. The van der Waals surface area contributed by atoms with Gasteiger partial charge in [-0.05, 0) is 0 Å². The van der Waals surface area contributed by atoms with E-state index in [0.29, 0.717) is 0 Å². The SMILES string of the molecule is CCCC(C)(C)[O][Zr](=[O])([O]C(C)(C)CCC)([C](C)(C)CCC)[C](C)(C)CCC. The van der Waals surface area contributed by atoms with Crippen molar-refractivity contribution in [3.05, 3.63) is 0 Å². The van der Waals surface area contributed by atoms with Crippen molar-refractivity contribution in [2.45, 2.75) is 152 Å². The Labute approximate surface area is 179 Å². The zero-order valence-electron chi connectivity index (χ0n) is 21.4. The third kappa shape index (κ3) is 5.85. The molecule has 0 atom stereocenters. The maximum atomic E-state index is 15.8. The summed E-state index contributed by atoms with van der Waals surface area (Å²) in [5, 5.41) is 0. The molecule has 0 aliphatic rings. The van der Waals surface area contributed by atoms with Crippen molar-refractivity contribution in [2.24, 2.45) is 0 Å². The van der Waals surface area contributed by atoms with Gasteiger partial charge in [0, 0.05) is 0 Å². The fraction of sp³-hybridized carbons (Fsp3) is 1.00. The summed E-state index contributed by atoms with van der Waals surface area (Å²) < 4.78 is 28.9. The van der Waals surface area contributed by atoms with E-state index in [4.69, 9.17) is 5.63 Å². The third-order valence-corrected chi connectivity index (χ3v) is 24.0. The van der Waals surface area contributed by atoms with E-state index >= 15 is 2.81 Å². The Kier molecular flexibility index (Phi) is 10.0. The summed E-state index contributed by atoms with van der Waals surface area (Å²) in [6.45, 7) is 25.7. The van der Waals surface area contributed by atoms with Crippen LogP contribution in [0.15, 0.2) is 0 Å². The van der Waals surface area contributed by atoms with E-state index in [1.807, 2.05) is 0 Å². The molecule has 0 saturated carbocycles. The third-order valence-electron chi connectivity index (χ3n) is 6.71. The molecule has 0 aromatic rings. The van der Waals surface area contributed by atoms with Gasteiger partial charge in [-0.1, -0.05) is 0 Å². The van der Waals surface area contributed by atoms with Crippen LogP contribution in [0.1, 0.15) is 134 Å². The molecule has 0 aliphatic heterocycles. The second-order valence-corrected chi connectivity index (χ2v) is 24.0. The molecule has 0 spiro atoms. The van der Waals surface area contributed by atoms with Crippen molar-refractivity contribution in [1.29, 1.82) is 0 Å². The predicted molar refractivity (Wildman–Crippen MR) is 119 cm³/mol. The van der Waals surface area contributed by atoms with Crippen molar-refractivity contribution < 1.29 is 28.1 Å². The van der Waals surface area contributed by atoms with E-state index in [2.05, 4.69) is 83.1 Å². The summed E-state index contributed by atoms with van der Waals surface area (Å²) in [4.78, 5) is 0. The molecule has 3 nitrogen and oxygen atoms in total. The molecule has 0 heterocycles. The monoisotopic (exact) mass is 478 g/mol. The number of hydrogen-bond acceptors (Lipinski definition) is 3. The van der Waals surface area contributed by atoms with Gasteiger partial charge in [-0.15, -0.1) is 0 Å². The Morgan fingerprint density at radius 3 is 1.00 bits per heavy atom. The van der Waals surface area contributed by atoms with E-state index in [9.17, 15) is 0 Å². The fourth-order valence-electron chi connectivity index (χ4n) is 5.48. The van der Waals surface area contributed by atoms with Crippen LogP contribution < -0.4 is 0 Å². The maximum absolute atomic E-state index is 15.8. The minimum atomic E-state index is -5.63. The van der Waals surface area contributed by atoms with Crippen molar-refractivity contribution in [2.75, 3.05) is 0 Å². The van der Waals surface area contributed by atoms with Crippen molar-refractivity contribution in [3.8, 4) is 0 Å². The molecule has 0 aromatic carbocycles. The molecule has 0 fully saturated rings. The molecule has 0 amide bonds. The van der Waals surface area contributed by atoms with Crippen molar-refractivity contribution in [1.82, 2.24) is 0 Å². The Balaban J connectivity index is 6.99. The van der Waals surface area contributed by atoms with Gasteiger partial charge in [0.05, 0.1) is 0 Å². The molecule has 28 heavy (non-hydrogen) atoms. The van der Waals surface area contributed by atoms with Gasteiger partial charge in [-0.2, -0.15) is 0 Å². The zero-order chi connectivity index (χ0) is 22.5. The molecule has 0 N–H and O–H groups in total. The van der Waals surface area contributed by atoms with Crippen LogP contribution in [0.25, 0.3) is 0 Å². The first-order valence-electron chi connectivity index (χ1n) is 11.8. The second-order valence-electron chi connectivity index (χ2n) is 11.5. The topological polar surface area (TPSA) is 35.5 Å². The standard InChI is InChI=1S/2C6H13O.2C6H13.O.Zr/c2*1-4-5-6(2,3)7;2*1-4-5-6(2)3;;/h2*4-5H2,1-3H3;2*4-5H2,1-3H3;;/q2*-1;;;;+2. The van der Waals surface area contributed by atoms with Gasteiger partial charge in [0.15, 0.2) is 0 Å². The summed E-state index contributed by atoms with van der Waals surface area (Å²) >= 11 is -5.63. The van der Waals surface area contributed by atoms with Crippen LogP contribution in [0.3, 0.4) is 0 Å². The fourth-order valence-corrected chi connectivity index (χ4v) is 21.6. The number of hydrogen-bond donors (Lipinski definition) is 0. The molecular formula is C24H52O3Zr. The zero-order valence-corrected chi connectivity index (χ0v) is 23.8.